The van der Waals surface area contributed by atoms with Crippen molar-refractivity contribution >= 4 is 8.81 Å². The number of aliphatic hydroxyl groups is 2. The van der Waals surface area contributed by atoms with Gasteiger partial charge in [0.1, 0.15) is 0 Å². The van der Waals surface area contributed by atoms with E-state index in [4.69, 9.17) is 9.63 Å². The highest BCUT2D eigenvalue weighted by Crippen LogP contribution is 2.48. The van der Waals surface area contributed by atoms with Gasteiger partial charge < -0.3 is 14.7 Å². The van der Waals surface area contributed by atoms with Crippen LogP contribution in [-0.2, 0) is 4.52 Å². The second kappa shape index (κ2) is 8.08. The van der Waals surface area contributed by atoms with Crippen molar-refractivity contribution in [3.63, 3.8) is 0 Å². The van der Waals surface area contributed by atoms with Crippen molar-refractivity contribution in [1.29, 1.82) is 0 Å². The van der Waals surface area contributed by atoms with Crippen molar-refractivity contribution in [3.05, 3.63) is 0 Å². The minimum absolute atomic E-state index is 0.0203. The largest absolute Gasteiger partial charge is 0.400 e. The van der Waals surface area contributed by atoms with E-state index in [1.807, 2.05) is 6.66 Å². The van der Waals surface area contributed by atoms with Crippen LogP contribution in [0, 0.1) is 22.7 Å². The van der Waals surface area contributed by atoms with Crippen LogP contribution in [0.1, 0.15) is 54.4 Å². The molecule has 0 spiro atoms. The van der Waals surface area contributed by atoms with E-state index in [9.17, 15) is 5.11 Å². The lowest BCUT2D eigenvalue weighted by Gasteiger charge is -2.48. The van der Waals surface area contributed by atoms with Crippen LogP contribution in [0.2, 0.25) is 0 Å². The normalized spacial score (nSPS) is 32.1. The molecule has 1 aliphatic rings. The number of hydrogen-bond donors (Lipinski definition) is 2. The lowest BCUT2D eigenvalue weighted by atomic mass is 9.61. The Labute approximate surface area is 127 Å². The standard InChI is InChI=1S/C15H31O2P.CH4O/c1-14(2,3)10-8-11(15(4,5)6)13(17-18-7)12(16)9-10;1-2/h10-13,16,18H,8-9H2,1-7H3;2H,1H3. The second-order valence-corrected chi connectivity index (χ2v) is 8.50. The first-order valence-electron chi connectivity index (χ1n) is 7.52. The molecule has 5 atom stereocenters. The van der Waals surface area contributed by atoms with E-state index in [1.165, 1.54) is 6.42 Å². The molecule has 0 amide bonds. The molecule has 1 saturated carbocycles. The van der Waals surface area contributed by atoms with Crippen molar-refractivity contribution in [3.8, 4) is 0 Å². The average Bonchev–Trinajstić information content (AvgIpc) is 2.31. The Bertz CT molecular complexity index is 268. The van der Waals surface area contributed by atoms with Crippen molar-refractivity contribution in [2.75, 3.05) is 13.8 Å². The summed E-state index contributed by atoms with van der Waals surface area (Å²) in [6.07, 6.45) is 1.76. The molecule has 5 unspecified atom stereocenters. The molecule has 122 valence electrons. The van der Waals surface area contributed by atoms with Crippen molar-refractivity contribution in [2.24, 2.45) is 22.7 Å². The van der Waals surface area contributed by atoms with E-state index in [2.05, 4.69) is 41.5 Å². The quantitative estimate of drug-likeness (QED) is 0.765. The molecule has 0 radical (unpaired) electrons. The monoisotopic (exact) mass is 306 g/mol. The van der Waals surface area contributed by atoms with Gasteiger partial charge in [0.2, 0.25) is 0 Å². The summed E-state index contributed by atoms with van der Waals surface area (Å²) in [7, 11) is 1.46. The summed E-state index contributed by atoms with van der Waals surface area (Å²) in [5.41, 5.74) is 0.458. The Morgan fingerprint density at radius 2 is 1.45 bits per heavy atom. The Balaban J connectivity index is 0.00000172. The van der Waals surface area contributed by atoms with Gasteiger partial charge in [-0.3, -0.25) is 0 Å². The van der Waals surface area contributed by atoms with Gasteiger partial charge in [-0.15, -0.1) is 0 Å². The van der Waals surface area contributed by atoms with E-state index in [-0.39, 0.29) is 23.0 Å². The zero-order valence-corrected chi connectivity index (χ0v) is 15.5. The van der Waals surface area contributed by atoms with Gasteiger partial charge >= 0.3 is 0 Å². The summed E-state index contributed by atoms with van der Waals surface area (Å²) in [6.45, 7) is 15.7. The van der Waals surface area contributed by atoms with E-state index < -0.39 is 0 Å². The maximum absolute atomic E-state index is 10.4. The first-order valence-corrected chi connectivity index (χ1v) is 8.93. The summed E-state index contributed by atoms with van der Waals surface area (Å²) in [6, 6.07) is 0. The summed E-state index contributed by atoms with van der Waals surface area (Å²) < 4.78 is 5.87. The Kier molecular flexibility index (Phi) is 8.20. The van der Waals surface area contributed by atoms with Crippen LogP contribution in [0.25, 0.3) is 0 Å². The highest BCUT2D eigenvalue weighted by molar-refractivity contribution is 7.31. The Morgan fingerprint density at radius 3 is 1.80 bits per heavy atom. The van der Waals surface area contributed by atoms with Gasteiger partial charge in [-0.1, -0.05) is 41.5 Å². The molecule has 3 nitrogen and oxygen atoms in total. The van der Waals surface area contributed by atoms with Crippen molar-refractivity contribution < 1.29 is 14.7 Å². The van der Waals surface area contributed by atoms with Gasteiger partial charge in [0.15, 0.2) is 0 Å². The smallest absolute Gasteiger partial charge is 0.0906 e. The average molecular weight is 306 g/mol. The van der Waals surface area contributed by atoms with Crippen molar-refractivity contribution in [1.82, 2.24) is 0 Å². The SMILES string of the molecule is CO.CPOC1C(O)CC(C(C)(C)C)CC1C(C)(C)C. The van der Waals surface area contributed by atoms with Gasteiger partial charge in [0.05, 0.1) is 12.2 Å². The lowest BCUT2D eigenvalue weighted by molar-refractivity contribution is -0.0896. The van der Waals surface area contributed by atoms with E-state index in [1.54, 1.807) is 0 Å². The van der Waals surface area contributed by atoms with Crippen LogP contribution in [0.5, 0.6) is 0 Å². The zero-order chi connectivity index (χ0) is 16.1. The van der Waals surface area contributed by atoms with Crippen LogP contribution in [0.3, 0.4) is 0 Å². The zero-order valence-electron chi connectivity index (χ0n) is 14.5. The number of hydrogen-bond acceptors (Lipinski definition) is 3. The minimum Gasteiger partial charge on any atom is -0.400 e. The maximum Gasteiger partial charge on any atom is 0.0906 e. The fraction of sp³-hybridized carbons (Fsp3) is 1.00. The highest BCUT2D eigenvalue weighted by Gasteiger charge is 2.45. The van der Waals surface area contributed by atoms with E-state index in [0.29, 0.717) is 20.6 Å². The Hall–Kier alpha value is 0.310. The first-order chi connectivity index (χ1) is 9.07. The highest BCUT2D eigenvalue weighted by atomic mass is 31.1. The fourth-order valence-corrected chi connectivity index (χ4v) is 3.67. The molecule has 0 aromatic carbocycles. The third kappa shape index (κ3) is 5.60. The van der Waals surface area contributed by atoms with Crippen LogP contribution in [0.15, 0.2) is 0 Å². The topological polar surface area (TPSA) is 49.7 Å². The van der Waals surface area contributed by atoms with Crippen LogP contribution in [0.4, 0.5) is 0 Å². The van der Waals surface area contributed by atoms with Crippen LogP contribution < -0.4 is 0 Å². The first kappa shape index (κ1) is 20.3. The number of rotatable bonds is 2. The number of aliphatic hydroxyl groups excluding tert-OH is 2. The molecule has 1 rings (SSSR count). The predicted molar refractivity (Wildman–Crippen MR) is 88.4 cm³/mol. The van der Waals surface area contributed by atoms with Crippen LogP contribution in [-0.4, -0.2) is 36.2 Å². The molecular formula is C16H35O3P. The van der Waals surface area contributed by atoms with Gasteiger partial charge in [-0.2, -0.15) is 0 Å². The van der Waals surface area contributed by atoms with E-state index in [0.717, 1.165) is 13.5 Å². The molecule has 2 N–H and O–H groups in total. The molecule has 1 aliphatic carbocycles. The molecule has 0 aromatic heterocycles. The molecule has 20 heavy (non-hydrogen) atoms. The third-order valence-corrected chi connectivity index (χ3v) is 4.94. The second-order valence-electron chi connectivity index (χ2n) is 7.86. The predicted octanol–water partition coefficient (Wildman–Crippen LogP) is 3.68. The van der Waals surface area contributed by atoms with Gasteiger partial charge in [-0.05, 0) is 42.2 Å². The van der Waals surface area contributed by atoms with Crippen LogP contribution >= 0.6 is 8.81 Å². The molecule has 0 aliphatic heterocycles. The fourth-order valence-electron chi connectivity index (χ4n) is 3.08. The van der Waals surface area contributed by atoms with Gasteiger partial charge in [0, 0.05) is 15.9 Å². The third-order valence-electron chi connectivity index (χ3n) is 4.43. The molecule has 1 fully saturated rings. The summed E-state index contributed by atoms with van der Waals surface area (Å²) in [4.78, 5) is 0. The molecule has 4 heteroatoms. The van der Waals surface area contributed by atoms with Crippen molar-refractivity contribution in [2.45, 2.75) is 66.6 Å². The summed E-state index contributed by atoms with van der Waals surface area (Å²) in [5.74, 6) is 1.02. The summed E-state index contributed by atoms with van der Waals surface area (Å²) in [5, 5.41) is 17.4. The molecule has 0 aromatic rings. The van der Waals surface area contributed by atoms with E-state index >= 15 is 0 Å². The summed E-state index contributed by atoms with van der Waals surface area (Å²) >= 11 is 0. The lowest BCUT2D eigenvalue weighted by Crippen LogP contribution is -2.49. The molecule has 0 bridgehead atoms. The molecule has 0 heterocycles. The van der Waals surface area contributed by atoms with Gasteiger partial charge in [-0.25, -0.2) is 0 Å². The Morgan fingerprint density at radius 1 is 0.950 bits per heavy atom. The minimum atomic E-state index is -0.306. The molecular weight excluding hydrogens is 271 g/mol. The maximum atomic E-state index is 10.4. The molecule has 0 saturated heterocycles. The van der Waals surface area contributed by atoms with Gasteiger partial charge in [0.25, 0.3) is 0 Å².